The van der Waals surface area contributed by atoms with E-state index in [1.54, 1.807) is 12.1 Å². The first-order valence-electron chi connectivity index (χ1n) is 7.25. The van der Waals surface area contributed by atoms with E-state index >= 15 is 0 Å². The monoisotopic (exact) mass is 425 g/mol. The van der Waals surface area contributed by atoms with E-state index in [0.29, 0.717) is 24.3 Å². The topological polar surface area (TPSA) is 32.3 Å². The van der Waals surface area contributed by atoms with Crippen molar-refractivity contribution in [2.24, 2.45) is 11.8 Å². The number of halogens is 4. The maximum atomic E-state index is 12.5. The van der Waals surface area contributed by atoms with Gasteiger partial charge in [0.25, 0.3) is 0 Å². The van der Waals surface area contributed by atoms with Gasteiger partial charge >= 0.3 is 138 Å². The van der Waals surface area contributed by atoms with Crippen molar-refractivity contribution >= 4 is 5.91 Å². The van der Waals surface area contributed by atoms with Crippen molar-refractivity contribution in [3.63, 3.8) is 0 Å². The summed E-state index contributed by atoms with van der Waals surface area (Å²) in [6.07, 6.45) is -3.75. The van der Waals surface area contributed by atoms with Gasteiger partial charge in [-0.2, -0.15) is 0 Å². The van der Waals surface area contributed by atoms with E-state index in [0.717, 1.165) is 28.8 Å². The van der Waals surface area contributed by atoms with Gasteiger partial charge in [0, 0.05) is 0 Å². The van der Waals surface area contributed by atoms with Crippen LogP contribution in [0.5, 0.6) is 0 Å². The minimum absolute atomic E-state index is 0.100. The van der Waals surface area contributed by atoms with Gasteiger partial charge in [0.15, 0.2) is 0 Å². The standard InChI is InChI=1S/C15H17F3IN2O/c1-2-13(22)20-14-11-7-21(8-12(11)14)19-10-5-3-9(4-6-10)15(16,17)18/h3-6,11-12,14H,2,7-8H2,1H3,(H,20,22)/q-1/t11-,12+,14?. The molecule has 1 aromatic rings. The van der Waals surface area contributed by atoms with E-state index in [4.69, 9.17) is 0 Å². The Labute approximate surface area is 137 Å². The van der Waals surface area contributed by atoms with Crippen molar-refractivity contribution in [1.29, 1.82) is 0 Å². The molecule has 122 valence electrons. The molecule has 22 heavy (non-hydrogen) atoms. The molecule has 0 aromatic heterocycles. The summed E-state index contributed by atoms with van der Waals surface area (Å²) in [5.41, 5.74) is -0.591. The summed E-state index contributed by atoms with van der Waals surface area (Å²) >= 11 is -0.414. The summed E-state index contributed by atoms with van der Waals surface area (Å²) in [5, 5.41) is 3.04. The molecule has 3 rings (SSSR count). The second-order valence-electron chi connectivity index (χ2n) is 5.69. The third kappa shape index (κ3) is 3.40. The third-order valence-corrected chi connectivity index (χ3v) is 6.93. The van der Waals surface area contributed by atoms with E-state index < -0.39 is 33.2 Å². The molecule has 1 heterocycles. The van der Waals surface area contributed by atoms with Crippen molar-refractivity contribution in [3.8, 4) is 0 Å². The van der Waals surface area contributed by atoms with Gasteiger partial charge in [0.2, 0.25) is 0 Å². The van der Waals surface area contributed by atoms with Crippen LogP contribution >= 0.6 is 0 Å². The number of amides is 1. The molecule has 1 saturated heterocycles. The predicted octanol–water partition coefficient (Wildman–Crippen LogP) is -0.665. The molecule has 1 aromatic carbocycles. The van der Waals surface area contributed by atoms with Crippen LogP contribution in [0.3, 0.4) is 0 Å². The zero-order valence-electron chi connectivity index (χ0n) is 12.0. The summed E-state index contributed by atoms with van der Waals surface area (Å²) in [7, 11) is 0. The number of nitrogens with zero attached hydrogens (tertiary/aromatic N) is 1. The molecule has 2 fully saturated rings. The van der Waals surface area contributed by atoms with Crippen molar-refractivity contribution in [1.82, 2.24) is 8.43 Å². The van der Waals surface area contributed by atoms with Crippen LogP contribution in [0.15, 0.2) is 24.3 Å². The van der Waals surface area contributed by atoms with E-state index in [1.807, 2.05) is 6.92 Å². The number of carbonyl (C=O) groups excluding carboxylic acids is 1. The van der Waals surface area contributed by atoms with Gasteiger partial charge in [-0.3, -0.25) is 0 Å². The van der Waals surface area contributed by atoms with Crippen molar-refractivity contribution in [2.45, 2.75) is 25.6 Å². The fourth-order valence-corrected chi connectivity index (χ4v) is 5.65. The van der Waals surface area contributed by atoms with Gasteiger partial charge in [0.05, 0.1) is 0 Å². The number of carbonyl (C=O) groups is 1. The van der Waals surface area contributed by atoms with Crippen LogP contribution in [0, 0.1) is 15.4 Å². The number of nitrogens with one attached hydrogen (secondary N) is 1. The summed E-state index contributed by atoms with van der Waals surface area (Å²) in [4.78, 5) is 11.4. The SMILES string of the molecule is CCC(=O)NC1[C@H]2CN([I-]c3ccc(C(F)(F)F)cc3)C[C@@H]12. The van der Waals surface area contributed by atoms with Gasteiger partial charge in [-0.05, 0) is 0 Å². The molecule has 1 aliphatic heterocycles. The summed E-state index contributed by atoms with van der Waals surface area (Å²) in [6.45, 7) is 3.75. The van der Waals surface area contributed by atoms with Crippen LogP contribution in [0.4, 0.5) is 13.2 Å². The summed E-state index contributed by atoms with van der Waals surface area (Å²) in [5.74, 6) is 1.16. The molecule has 1 unspecified atom stereocenters. The van der Waals surface area contributed by atoms with Crippen molar-refractivity contribution < 1.29 is 39.4 Å². The van der Waals surface area contributed by atoms with Gasteiger partial charge < -0.3 is 0 Å². The van der Waals surface area contributed by atoms with Gasteiger partial charge in [-0.15, -0.1) is 0 Å². The fourth-order valence-electron chi connectivity index (χ4n) is 2.88. The van der Waals surface area contributed by atoms with Crippen molar-refractivity contribution in [2.75, 3.05) is 13.1 Å². The van der Waals surface area contributed by atoms with Crippen LogP contribution in [-0.2, 0) is 11.0 Å². The number of fused-ring (bicyclic) bond motifs is 1. The Morgan fingerprint density at radius 1 is 1.27 bits per heavy atom. The average Bonchev–Trinajstić information content (AvgIpc) is 2.92. The molecule has 0 radical (unpaired) electrons. The molecular weight excluding hydrogens is 408 g/mol. The van der Waals surface area contributed by atoms with E-state index in [-0.39, 0.29) is 5.91 Å². The van der Waals surface area contributed by atoms with E-state index in [2.05, 4.69) is 8.43 Å². The van der Waals surface area contributed by atoms with E-state index in [1.165, 1.54) is 0 Å². The average molecular weight is 425 g/mol. The van der Waals surface area contributed by atoms with Gasteiger partial charge in [-0.25, -0.2) is 0 Å². The number of piperidine rings is 1. The second kappa shape index (κ2) is 5.99. The van der Waals surface area contributed by atoms with Gasteiger partial charge in [0.1, 0.15) is 0 Å². The maximum absolute atomic E-state index is 12.5. The van der Waals surface area contributed by atoms with E-state index in [9.17, 15) is 18.0 Å². The summed E-state index contributed by atoms with van der Waals surface area (Å²) in [6, 6.07) is 5.83. The molecule has 1 aliphatic carbocycles. The molecule has 1 N–H and O–H groups in total. The zero-order valence-corrected chi connectivity index (χ0v) is 14.2. The molecule has 3 atom stereocenters. The van der Waals surface area contributed by atoms with Crippen LogP contribution in [0.2, 0.25) is 0 Å². The quantitative estimate of drug-likeness (QED) is 0.513. The Bertz CT molecular complexity index is 549. The number of rotatable bonds is 4. The third-order valence-electron chi connectivity index (χ3n) is 4.19. The Hall–Kier alpha value is -0.830. The minimum atomic E-state index is -4.27. The normalized spacial score (nSPS) is 27.7. The predicted molar refractivity (Wildman–Crippen MR) is 70.9 cm³/mol. The Balaban J connectivity index is 1.50. The molecule has 1 amide bonds. The Kier molecular flexibility index (Phi) is 4.37. The second-order valence-corrected chi connectivity index (χ2v) is 8.78. The first-order valence-corrected chi connectivity index (χ1v) is 9.29. The van der Waals surface area contributed by atoms with Crippen LogP contribution in [0.1, 0.15) is 18.9 Å². The molecule has 7 heteroatoms. The van der Waals surface area contributed by atoms with Crippen molar-refractivity contribution in [3.05, 3.63) is 33.4 Å². The molecule has 3 nitrogen and oxygen atoms in total. The zero-order chi connectivity index (χ0) is 15.9. The molecule has 1 saturated carbocycles. The molecule has 2 aliphatic rings. The Morgan fingerprint density at radius 3 is 2.36 bits per heavy atom. The number of hydrogen-bond donors (Lipinski definition) is 1. The van der Waals surface area contributed by atoms with Crippen LogP contribution in [0.25, 0.3) is 0 Å². The first-order chi connectivity index (χ1) is 10.4. The van der Waals surface area contributed by atoms with Gasteiger partial charge in [-0.1, -0.05) is 0 Å². The number of benzene rings is 1. The summed E-state index contributed by atoms with van der Waals surface area (Å²) < 4.78 is 40.9. The number of hydrogen-bond acceptors (Lipinski definition) is 2. The fraction of sp³-hybridized carbons (Fsp3) is 0.533. The molecular formula is C15H17F3IN2O-. The Morgan fingerprint density at radius 2 is 1.86 bits per heavy atom. The van der Waals surface area contributed by atoms with Crippen LogP contribution < -0.4 is 26.8 Å². The molecule has 0 spiro atoms. The number of alkyl halides is 3. The van der Waals surface area contributed by atoms with Crippen LogP contribution in [-0.4, -0.2) is 28.2 Å². The first kappa shape index (κ1) is 16.0. The molecule has 0 bridgehead atoms.